The molecule has 3 aromatic rings. The van der Waals surface area contributed by atoms with Gasteiger partial charge < -0.3 is 24.6 Å². The molecule has 1 aromatic carbocycles. The number of imidazole rings is 1. The molecule has 10 heteroatoms. The first kappa shape index (κ1) is 23.6. The fraction of sp³-hybridized carbons (Fsp3) is 0.500. The second kappa shape index (κ2) is 9.58. The molecule has 0 spiro atoms. The Kier molecular flexibility index (Phi) is 7.05. The van der Waals surface area contributed by atoms with Gasteiger partial charge in [0.2, 0.25) is 5.95 Å². The zero-order chi connectivity index (χ0) is 23.6. The van der Waals surface area contributed by atoms with Crippen LogP contribution in [-0.2, 0) is 20.6 Å². The van der Waals surface area contributed by atoms with E-state index in [1.165, 1.54) is 11.6 Å². The van der Waals surface area contributed by atoms with Gasteiger partial charge in [0, 0.05) is 27.2 Å². The van der Waals surface area contributed by atoms with Crippen LogP contribution in [0.1, 0.15) is 11.1 Å². The molecule has 0 bridgehead atoms. The van der Waals surface area contributed by atoms with Crippen molar-refractivity contribution in [3.63, 3.8) is 0 Å². The molecule has 10 nitrogen and oxygen atoms in total. The molecule has 0 aliphatic rings. The van der Waals surface area contributed by atoms with Crippen LogP contribution in [0.4, 0.5) is 5.95 Å². The van der Waals surface area contributed by atoms with Gasteiger partial charge in [-0.3, -0.25) is 13.9 Å². The number of anilines is 1. The maximum absolute atomic E-state index is 12.9. The average Bonchev–Trinajstić information content (AvgIpc) is 3.09. The number of rotatable bonds is 9. The van der Waals surface area contributed by atoms with Crippen molar-refractivity contribution < 1.29 is 9.84 Å². The zero-order valence-electron chi connectivity index (χ0n) is 19.5. The molecule has 0 saturated heterocycles. The predicted molar refractivity (Wildman–Crippen MR) is 125 cm³/mol. The molecule has 0 aliphatic heterocycles. The third-order valence-corrected chi connectivity index (χ3v) is 5.50. The van der Waals surface area contributed by atoms with Gasteiger partial charge in [0.05, 0.1) is 6.54 Å². The smallest absolute Gasteiger partial charge is 0.332 e. The van der Waals surface area contributed by atoms with Gasteiger partial charge in [0.25, 0.3) is 5.56 Å². The molecule has 0 aliphatic carbocycles. The van der Waals surface area contributed by atoms with E-state index in [2.05, 4.69) is 10.3 Å². The topological polar surface area (TPSA) is 107 Å². The van der Waals surface area contributed by atoms with Crippen molar-refractivity contribution in [2.45, 2.75) is 26.5 Å². The van der Waals surface area contributed by atoms with Crippen LogP contribution in [0.3, 0.4) is 0 Å². The van der Waals surface area contributed by atoms with Crippen molar-refractivity contribution in [1.29, 1.82) is 0 Å². The molecular weight excluding hydrogens is 412 g/mol. The van der Waals surface area contributed by atoms with Crippen LogP contribution in [-0.4, -0.2) is 68.6 Å². The first-order valence-corrected chi connectivity index (χ1v) is 10.5. The predicted octanol–water partition coefficient (Wildman–Crippen LogP) is 0.464. The number of ether oxygens (including phenoxy) is 1. The van der Waals surface area contributed by atoms with E-state index in [0.717, 1.165) is 22.2 Å². The number of aryl methyl sites for hydroxylation is 3. The molecule has 2 aromatic heterocycles. The summed E-state index contributed by atoms with van der Waals surface area (Å²) in [5, 5.41) is 13.9. The second-order valence-electron chi connectivity index (χ2n) is 8.36. The van der Waals surface area contributed by atoms with E-state index in [-0.39, 0.29) is 24.3 Å². The molecule has 0 saturated carbocycles. The molecular formula is C22H32N6O4. The number of nitrogens with one attached hydrogen (secondary N) is 1. The Labute approximate surface area is 186 Å². The summed E-state index contributed by atoms with van der Waals surface area (Å²) in [6.45, 7) is 5.49. The fourth-order valence-corrected chi connectivity index (χ4v) is 3.41. The number of aromatic nitrogens is 4. The highest BCUT2D eigenvalue weighted by molar-refractivity contribution is 5.74. The molecule has 32 heavy (non-hydrogen) atoms. The van der Waals surface area contributed by atoms with Gasteiger partial charge in [0.1, 0.15) is 18.5 Å². The quantitative estimate of drug-likeness (QED) is 0.494. The molecule has 0 radical (unpaired) electrons. The highest BCUT2D eigenvalue weighted by atomic mass is 16.5. The number of aliphatic hydroxyl groups is 1. The highest BCUT2D eigenvalue weighted by Gasteiger charge is 2.21. The van der Waals surface area contributed by atoms with E-state index in [1.807, 2.05) is 51.0 Å². The number of benzene rings is 1. The summed E-state index contributed by atoms with van der Waals surface area (Å²) in [6, 6.07) is 5.76. The maximum atomic E-state index is 12.9. The SMILES string of the molecule is Cc1ccc(OC[C@H](O)Cn2c(NCCN(C)C)nc3c2c(=O)n(C)c(=O)n3C)cc1C. The minimum Gasteiger partial charge on any atom is -0.491 e. The first-order valence-electron chi connectivity index (χ1n) is 10.5. The summed E-state index contributed by atoms with van der Waals surface area (Å²) in [5.41, 5.74) is 1.89. The van der Waals surface area contributed by atoms with Crippen molar-refractivity contribution in [3.05, 3.63) is 50.2 Å². The number of likely N-dealkylation sites (N-methyl/N-ethyl adjacent to an activating group) is 1. The Morgan fingerprint density at radius 3 is 2.53 bits per heavy atom. The van der Waals surface area contributed by atoms with E-state index in [9.17, 15) is 14.7 Å². The van der Waals surface area contributed by atoms with Gasteiger partial charge in [-0.25, -0.2) is 4.79 Å². The number of aliphatic hydroxyl groups excluding tert-OH is 1. The maximum Gasteiger partial charge on any atom is 0.332 e. The van der Waals surface area contributed by atoms with Gasteiger partial charge in [0.15, 0.2) is 11.2 Å². The van der Waals surface area contributed by atoms with E-state index in [1.54, 1.807) is 11.6 Å². The largest absolute Gasteiger partial charge is 0.491 e. The number of hydrogen-bond acceptors (Lipinski definition) is 7. The Morgan fingerprint density at radius 2 is 1.88 bits per heavy atom. The van der Waals surface area contributed by atoms with Crippen molar-refractivity contribution in [2.75, 3.05) is 39.1 Å². The molecule has 1 atom stereocenters. The highest BCUT2D eigenvalue weighted by Crippen LogP contribution is 2.19. The Balaban J connectivity index is 1.90. The van der Waals surface area contributed by atoms with Crippen molar-refractivity contribution >= 4 is 17.1 Å². The molecule has 3 rings (SSSR count). The van der Waals surface area contributed by atoms with E-state index >= 15 is 0 Å². The van der Waals surface area contributed by atoms with E-state index in [0.29, 0.717) is 18.2 Å². The summed E-state index contributed by atoms with van der Waals surface area (Å²) in [5.74, 6) is 1.09. The first-order chi connectivity index (χ1) is 15.1. The fourth-order valence-electron chi connectivity index (χ4n) is 3.41. The van der Waals surface area contributed by atoms with Crippen LogP contribution >= 0.6 is 0 Å². The molecule has 174 valence electrons. The average molecular weight is 445 g/mol. The lowest BCUT2D eigenvalue weighted by molar-refractivity contribution is 0.0938. The molecule has 2 heterocycles. The Bertz CT molecular complexity index is 1220. The van der Waals surface area contributed by atoms with Crippen molar-refractivity contribution in [3.8, 4) is 5.75 Å². The van der Waals surface area contributed by atoms with Gasteiger partial charge >= 0.3 is 5.69 Å². The summed E-state index contributed by atoms with van der Waals surface area (Å²) in [7, 11) is 6.92. The normalized spacial score (nSPS) is 12.5. The van der Waals surface area contributed by atoms with Crippen LogP contribution in [0.25, 0.3) is 11.2 Å². The van der Waals surface area contributed by atoms with Gasteiger partial charge in [-0.2, -0.15) is 4.98 Å². The summed E-state index contributed by atoms with van der Waals surface area (Å²) >= 11 is 0. The van der Waals surface area contributed by atoms with Gasteiger partial charge in [-0.05, 0) is 51.2 Å². The summed E-state index contributed by atoms with van der Waals surface area (Å²) in [6.07, 6.45) is -0.898. The van der Waals surface area contributed by atoms with Crippen molar-refractivity contribution in [1.82, 2.24) is 23.6 Å². The van der Waals surface area contributed by atoms with Gasteiger partial charge in [-0.15, -0.1) is 0 Å². The van der Waals surface area contributed by atoms with E-state index < -0.39 is 17.4 Å². The Hall–Kier alpha value is -3.11. The number of nitrogens with zero attached hydrogens (tertiary/aromatic N) is 5. The summed E-state index contributed by atoms with van der Waals surface area (Å²) in [4.78, 5) is 31.7. The molecule has 0 unspecified atom stereocenters. The van der Waals surface area contributed by atoms with E-state index in [4.69, 9.17) is 4.74 Å². The van der Waals surface area contributed by atoms with Crippen LogP contribution in [0.5, 0.6) is 5.75 Å². The standard InChI is InChI=1S/C22H32N6O4/c1-14-7-8-17(11-15(14)2)32-13-16(29)12-28-18-19(24-21(28)23-9-10-25(3)4)26(5)22(31)27(6)20(18)30/h7-8,11,16,29H,9-10,12-13H2,1-6H3,(H,23,24)/t16-/m1/s1. The number of fused-ring (bicyclic) bond motifs is 1. The van der Waals surface area contributed by atoms with Crippen molar-refractivity contribution in [2.24, 2.45) is 14.1 Å². The summed E-state index contributed by atoms with van der Waals surface area (Å²) < 4.78 is 9.77. The van der Waals surface area contributed by atoms with Crippen LogP contribution < -0.4 is 21.3 Å². The van der Waals surface area contributed by atoms with Crippen LogP contribution in [0.15, 0.2) is 27.8 Å². The molecule has 2 N–H and O–H groups in total. The monoisotopic (exact) mass is 444 g/mol. The third-order valence-electron chi connectivity index (χ3n) is 5.50. The lowest BCUT2D eigenvalue weighted by Crippen LogP contribution is -2.38. The minimum atomic E-state index is -0.898. The molecule has 0 fully saturated rings. The van der Waals surface area contributed by atoms with Gasteiger partial charge in [-0.1, -0.05) is 6.07 Å². The number of hydrogen-bond donors (Lipinski definition) is 2. The Morgan fingerprint density at radius 1 is 1.16 bits per heavy atom. The lowest BCUT2D eigenvalue weighted by Gasteiger charge is -2.17. The van der Waals surface area contributed by atoms with Crippen LogP contribution in [0, 0.1) is 13.8 Å². The third kappa shape index (κ3) is 4.86. The van der Waals surface area contributed by atoms with Crippen LogP contribution in [0.2, 0.25) is 0 Å². The second-order valence-corrected chi connectivity index (χ2v) is 8.36. The molecule has 0 amide bonds. The minimum absolute atomic E-state index is 0.0470. The lowest BCUT2D eigenvalue weighted by atomic mass is 10.1. The zero-order valence-corrected chi connectivity index (χ0v) is 19.5.